The second-order valence-electron chi connectivity index (χ2n) is 7.43. The molecule has 0 aliphatic carbocycles. The van der Waals surface area contributed by atoms with Crippen LogP contribution in [0.2, 0.25) is 0 Å². The van der Waals surface area contributed by atoms with E-state index in [1.807, 2.05) is 12.1 Å². The summed E-state index contributed by atoms with van der Waals surface area (Å²) in [6.45, 7) is 16.2. The van der Waals surface area contributed by atoms with Crippen LogP contribution < -0.4 is 0 Å². The summed E-state index contributed by atoms with van der Waals surface area (Å²) in [7, 11) is 0. The van der Waals surface area contributed by atoms with Crippen molar-refractivity contribution >= 4 is 0 Å². The van der Waals surface area contributed by atoms with Crippen LogP contribution in [0.5, 0.6) is 5.75 Å². The summed E-state index contributed by atoms with van der Waals surface area (Å²) < 4.78 is 0. The first-order valence-electron chi connectivity index (χ1n) is 6.91. The minimum absolute atomic E-state index is 0.145. The predicted octanol–water partition coefficient (Wildman–Crippen LogP) is 4.61. The van der Waals surface area contributed by atoms with Gasteiger partial charge in [-0.2, -0.15) is 5.26 Å². The molecule has 0 atom stereocenters. The van der Waals surface area contributed by atoms with Crippen LogP contribution in [0.3, 0.4) is 0 Å². The minimum Gasteiger partial charge on any atom is -0.507 e. The number of nitrogens with zero attached hydrogens (tertiary/aromatic N) is 1. The van der Waals surface area contributed by atoms with E-state index in [0.717, 1.165) is 16.7 Å². The quantitative estimate of drug-likeness (QED) is 0.798. The molecule has 0 unspecified atom stereocenters. The van der Waals surface area contributed by atoms with E-state index in [0.29, 0.717) is 17.7 Å². The average molecular weight is 271 g/mol. The lowest BCUT2D eigenvalue weighted by Gasteiger charge is -2.28. The topological polar surface area (TPSA) is 44.0 Å². The highest BCUT2D eigenvalue weighted by atomic mass is 16.3. The van der Waals surface area contributed by atoms with Gasteiger partial charge in [0.1, 0.15) is 5.75 Å². The second kappa shape index (κ2) is 5.32. The maximum atomic E-state index is 10.6. The number of phenols is 1. The first-order valence-corrected chi connectivity index (χ1v) is 6.91. The van der Waals surface area contributed by atoms with E-state index in [2.05, 4.69) is 54.2 Å². The third-order valence-electron chi connectivity index (χ3n) is 3.36. The Morgan fingerprint density at radius 3 is 1.80 bits per heavy atom. The summed E-state index contributed by atoms with van der Waals surface area (Å²) in [5, 5.41) is 19.5. The molecule has 0 heterocycles. The first-order chi connectivity index (χ1) is 8.96. The van der Waals surface area contributed by atoms with Crippen LogP contribution in [-0.2, 0) is 17.3 Å². The van der Waals surface area contributed by atoms with Gasteiger partial charge < -0.3 is 5.11 Å². The Hall–Kier alpha value is -1.75. The largest absolute Gasteiger partial charge is 0.507 e. The summed E-state index contributed by atoms with van der Waals surface area (Å²) >= 11 is 0. The Kier molecular flexibility index (Phi) is 4.34. The SMILES string of the molecule is C=C(C#N)Cc1cc(C(C)(C)C)c(O)c(C(C)(C)C)c1. The Labute approximate surface area is 122 Å². The fourth-order valence-electron chi connectivity index (χ4n) is 2.23. The van der Waals surface area contributed by atoms with Crippen LogP contribution in [-0.4, -0.2) is 5.11 Å². The molecule has 0 spiro atoms. The Bertz CT molecular complexity index is 528. The van der Waals surface area contributed by atoms with Crippen molar-refractivity contribution in [1.82, 2.24) is 0 Å². The zero-order chi connectivity index (χ0) is 15.7. The van der Waals surface area contributed by atoms with Gasteiger partial charge in [0, 0.05) is 12.0 Å². The van der Waals surface area contributed by atoms with Gasteiger partial charge in [-0.05, 0) is 27.5 Å². The zero-order valence-corrected chi connectivity index (χ0v) is 13.5. The van der Waals surface area contributed by atoms with Crippen molar-refractivity contribution in [2.45, 2.75) is 58.8 Å². The Morgan fingerprint density at radius 2 is 1.50 bits per heavy atom. The molecule has 0 aromatic heterocycles. The number of aromatic hydroxyl groups is 1. The smallest absolute Gasteiger partial charge is 0.123 e. The van der Waals surface area contributed by atoms with Gasteiger partial charge in [-0.3, -0.25) is 0 Å². The summed E-state index contributed by atoms with van der Waals surface area (Å²) in [6, 6.07) is 6.07. The van der Waals surface area contributed by atoms with Crippen LogP contribution in [0, 0.1) is 11.3 Å². The lowest BCUT2D eigenvalue weighted by atomic mass is 9.78. The van der Waals surface area contributed by atoms with Gasteiger partial charge in [0.2, 0.25) is 0 Å². The molecule has 0 aliphatic rings. The molecule has 2 nitrogen and oxygen atoms in total. The molecular weight excluding hydrogens is 246 g/mol. The monoisotopic (exact) mass is 271 g/mol. The van der Waals surface area contributed by atoms with Crippen molar-refractivity contribution in [1.29, 1.82) is 5.26 Å². The van der Waals surface area contributed by atoms with Crippen molar-refractivity contribution in [3.8, 4) is 11.8 Å². The van der Waals surface area contributed by atoms with E-state index in [1.54, 1.807) is 0 Å². The van der Waals surface area contributed by atoms with Crippen molar-refractivity contribution in [2.75, 3.05) is 0 Å². The number of hydrogen-bond acceptors (Lipinski definition) is 2. The van der Waals surface area contributed by atoms with E-state index in [-0.39, 0.29) is 10.8 Å². The molecule has 1 N–H and O–H groups in total. The molecule has 1 aromatic carbocycles. The van der Waals surface area contributed by atoms with Crippen LogP contribution in [0.15, 0.2) is 24.3 Å². The van der Waals surface area contributed by atoms with E-state index in [1.165, 1.54) is 0 Å². The number of nitriles is 1. The maximum Gasteiger partial charge on any atom is 0.123 e. The molecule has 0 aliphatic heterocycles. The molecular formula is C18H25NO. The highest BCUT2D eigenvalue weighted by Gasteiger charge is 2.26. The van der Waals surface area contributed by atoms with Crippen molar-refractivity contribution in [3.05, 3.63) is 41.0 Å². The molecule has 1 aromatic rings. The lowest BCUT2D eigenvalue weighted by Crippen LogP contribution is -2.18. The summed E-state index contributed by atoms with van der Waals surface area (Å²) in [6.07, 6.45) is 0.531. The standard InChI is InChI=1S/C18H25NO/c1-12(11-19)8-13-9-14(17(2,3)4)16(20)15(10-13)18(5,6)7/h9-10,20H,1,8H2,2-7H3. The van der Waals surface area contributed by atoms with Crippen molar-refractivity contribution in [2.24, 2.45) is 0 Å². The predicted molar refractivity (Wildman–Crippen MR) is 84.0 cm³/mol. The third-order valence-corrected chi connectivity index (χ3v) is 3.36. The molecule has 108 valence electrons. The van der Waals surface area contributed by atoms with Crippen LogP contribution in [0.4, 0.5) is 0 Å². The van der Waals surface area contributed by atoms with Gasteiger partial charge in [-0.25, -0.2) is 0 Å². The zero-order valence-electron chi connectivity index (χ0n) is 13.5. The van der Waals surface area contributed by atoms with Gasteiger partial charge in [0.15, 0.2) is 0 Å². The fourth-order valence-corrected chi connectivity index (χ4v) is 2.23. The van der Waals surface area contributed by atoms with Gasteiger partial charge in [-0.15, -0.1) is 0 Å². The molecule has 1 rings (SSSR count). The van der Waals surface area contributed by atoms with Crippen molar-refractivity contribution < 1.29 is 5.11 Å². The summed E-state index contributed by atoms with van der Waals surface area (Å²) in [5.41, 5.74) is 3.12. The fraction of sp³-hybridized carbons (Fsp3) is 0.500. The average Bonchev–Trinajstić information content (AvgIpc) is 2.28. The molecule has 0 saturated carbocycles. The highest BCUT2D eigenvalue weighted by molar-refractivity contribution is 5.50. The van der Waals surface area contributed by atoms with E-state index >= 15 is 0 Å². The summed E-state index contributed by atoms with van der Waals surface area (Å²) in [4.78, 5) is 0. The first kappa shape index (κ1) is 16.3. The van der Waals surface area contributed by atoms with E-state index in [4.69, 9.17) is 5.26 Å². The molecule has 0 radical (unpaired) electrons. The molecule has 0 amide bonds. The molecule has 0 saturated heterocycles. The number of benzene rings is 1. The van der Waals surface area contributed by atoms with Gasteiger partial charge >= 0.3 is 0 Å². The van der Waals surface area contributed by atoms with Gasteiger partial charge in [-0.1, -0.05) is 60.3 Å². The van der Waals surface area contributed by atoms with Crippen LogP contribution >= 0.6 is 0 Å². The normalized spacial score (nSPS) is 12.1. The third kappa shape index (κ3) is 3.63. The van der Waals surface area contributed by atoms with E-state index < -0.39 is 0 Å². The lowest BCUT2D eigenvalue weighted by molar-refractivity contribution is 0.423. The Balaban J connectivity index is 3.51. The van der Waals surface area contributed by atoms with Crippen LogP contribution in [0.25, 0.3) is 0 Å². The van der Waals surface area contributed by atoms with Crippen molar-refractivity contribution in [3.63, 3.8) is 0 Å². The number of hydrogen-bond donors (Lipinski definition) is 1. The van der Waals surface area contributed by atoms with Gasteiger partial charge in [0.25, 0.3) is 0 Å². The number of rotatable bonds is 2. The number of allylic oxidation sites excluding steroid dienone is 1. The molecule has 0 bridgehead atoms. The second-order valence-corrected chi connectivity index (χ2v) is 7.43. The minimum atomic E-state index is -0.145. The molecule has 20 heavy (non-hydrogen) atoms. The number of phenolic OH excluding ortho intramolecular Hbond substituents is 1. The molecule has 0 fully saturated rings. The van der Waals surface area contributed by atoms with Gasteiger partial charge in [0.05, 0.1) is 6.07 Å². The Morgan fingerprint density at radius 1 is 1.10 bits per heavy atom. The van der Waals surface area contributed by atoms with E-state index in [9.17, 15) is 5.11 Å². The van der Waals surface area contributed by atoms with Crippen LogP contribution in [0.1, 0.15) is 58.2 Å². The molecule has 2 heteroatoms. The summed E-state index contributed by atoms with van der Waals surface area (Å²) in [5.74, 6) is 0.372. The maximum absolute atomic E-state index is 10.6. The highest BCUT2D eigenvalue weighted by Crippen LogP contribution is 2.40.